The molecule has 0 spiro atoms. The first-order valence-electron chi connectivity index (χ1n) is 6.86. The van der Waals surface area contributed by atoms with E-state index in [4.69, 9.17) is 0 Å². The van der Waals surface area contributed by atoms with Crippen LogP contribution >= 0.6 is 0 Å². The number of sulfone groups is 1. The van der Waals surface area contributed by atoms with Crippen molar-refractivity contribution in [2.24, 2.45) is 0 Å². The zero-order chi connectivity index (χ0) is 14.8. The van der Waals surface area contributed by atoms with Crippen LogP contribution in [-0.4, -0.2) is 33.3 Å². The lowest BCUT2D eigenvalue weighted by atomic mass is 10.2. The molecule has 0 aliphatic heterocycles. The van der Waals surface area contributed by atoms with E-state index in [0.29, 0.717) is 6.54 Å². The van der Waals surface area contributed by atoms with E-state index in [1.807, 2.05) is 0 Å². The minimum absolute atomic E-state index is 0.0978. The first kappa shape index (κ1) is 16.5. The summed E-state index contributed by atoms with van der Waals surface area (Å²) in [5.41, 5.74) is 0. The highest BCUT2D eigenvalue weighted by molar-refractivity contribution is 7.91. The van der Waals surface area contributed by atoms with Crippen molar-refractivity contribution in [3.8, 4) is 0 Å². The van der Waals surface area contributed by atoms with Crippen LogP contribution in [0.15, 0.2) is 35.2 Å². The fourth-order valence-electron chi connectivity index (χ4n) is 1.68. The first-order chi connectivity index (χ1) is 9.56. The van der Waals surface area contributed by atoms with E-state index in [1.165, 1.54) is 0 Å². The predicted molar refractivity (Wildman–Crippen MR) is 79.4 cm³/mol. The lowest BCUT2D eigenvalue weighted by molar-refractivity contribution is 0.241. The van der Waals surface area contributed by atoms with Crippen molar-refractivity contribution in [3.05, 3.63) is 30.3 Å². The summed E-state index contributed by atoms with van der Waals surface area (Å²) in [6.07, 6.45) is 3.10. The number of hydrogen-bond donors (Lipinski definition) is 2. The Morgan fingerprint density at radius 2 is 1.70 bits per heavy atom. The molecule has 0 atom stereocenters. The molecule has 1 rings (SSSR count). The molecule has 0 aromatic heterocycles. The predicted octanol–water partition coefficient (Wildman–Crippen LogP) is 1.95. The second-order valence-corrected chi connectivity index (χ2v) is 6.63. The van der Waals surface area contributed by atoms with Gasteiger partial charge in [0.05, 0.1) is 10.6 Å². The Labute approximate surface area is 120 Å². The monoisotopic (exact) mass is 298 g/mol. The third-order valence-corrected chi connectivity index (χ3v) is 4.56. The number of hydrogen-bond acceptors (Lipinski definition) is 3. The summed E-state index contributed by atoms with van der Waals surface area (Å²) in [7, 11) is -3.33. The van der Waals surface area contributed by atoms with Gasteiger partial charge < -0.3 is 10.6 Å². The second kappa shape index (κ2) is 8.58. The van der Waals surface area contributed by atoms with E-state index in [2.05, 4.69) is 17.6 Å². The summed E-state index contributed by atoms with van der Waals surface area (Å²) in [5.74, 6) is -0.0978. The SMILES string of the molecule is CCCCCNC(=O)NCCS(=O)(=O)c1ccccc1. The summed E-state index contributed by atoms with van der Waals surface area (Å²) in [4.78, 5) is 11.7. The van der Waals surface area contributed by atoms with Crippen LogP contribution in [0.25, 0.3) is 0 Å². The van der Waals surface area contributed by atoms with Crippen molar-refractivity contribution >= 4 is 15.9 Å². The summed E-state index contributed by atoms with van der Waals surface area (Å²) in [6, 6.07) is 7.92. The van der Waals surface area contributed by atoms with E-state index in [-0.39, 0.29) is 23.2 Å². The number of rotatable bonds is 8. The van der Waals surface area contributed by atoms with Crippen molar-refractivity contribution in [1.82, 2.24) is 10.6 Å². The Hall–Kier alpha value is -1.56. The van der Waals surface area contributed by atoms with Crippen LogP contribution in [0.1, 0.15) is 26.2 Å². The molecule has 0 bridgehead atoms. The molecule has 2 N–H and O–H groups in total. The summed E-state index contributed by atoms with van der Waals surface area (Å²) in [5, 5.41) is 5.25. The van der Waals surface area contributed by atoms with Gasteiger partial charge in [-0.1, -0.05) is 38.0 Å². The summed E-state index contributed by atoms with van der Waals surface area (Å²) < 4.78 is 23.9. The summed E-state index contributed by atoms with van der Waals surface area (Å²) in [6.45, 7) is 2.82. The molecule has 0 aliphatic carbocycles. The number of nitrogens with one attached hydrogen (secondary N) is 2. The smallest absolute Gasteiger partial charge is 0.314 e. The maximum absolute atomic E-state index is 11.9. The Bertz CT molecular complexity index is 500. The molecule has 0 radical (unpaired) electrons. The molecule has 5 nitrogen and oxygen atoms in total. The van der Waals surface area contributed by atoms with Gasteiger partial charge in [0.2, 0.25) is 0 Å². The molecular formula is C14H22N2O3S. The van der Waals surface area contributed by atoms with E-state index in [9.17, 15) is 13.2 Å². The average Bonchev–Trinajstić information content (AvgIpc) is 2.44. The van der Waals surface area contributed by atoms with E-state index < -0.39 is 9.84 Å². The minimum atomic E-state index is -3.33. The number of carbonyl (C=O) groups excluding carboxylic acids is 1. The Morgan fingerprint density at radius 1 is 1.05 bits per heavy atom. The third kappa shape index (κ3) is 6.06. The van der Waals surface area contributed by atoms with Gasteiger partial charge in [0, 0.05) is 13.1 Å². The molecule has 0 saturated heterocycles. The van der Waals surface area contributed by atoms with Crippen molar-refractivity contribution in [2.75, 3.05) is 18.8 Å². The molecule has 0 heterocycles. The molecule has 6 heteroatoms. The topological polar surface area (TPSA) is 75.3 Å². The van der Waals surface area contributed by atoms with Gasteiger partial charge >= 0.3 is 6.03 Å². The van der Waals surface area contributed by atoms with E-state index >= 15 is 0 Å². The fraction of sp³-hybridized carbons (Fsp3) is 0.500. The zero-order valence-corrected chi connectivity index (χ0v) is 12.6. The molecule has 1 aromatic carbocycles. The van der Waals surface area contributed by atoms with Crippen LogP contribution in [0.4, 0.5) is 4.79 Å². The third-order valence-electron chi connectivity index (χ3n) is 2.82. The van der Waals surface area contributed by atoms with Crippen molar-refractivity contribution < 1.29 is 13.2 Å². The highest BCUT2D eigenvalue weighted by Crippen LogP contribution is 2.09. The van der Waals surface area contributed by atoms with Gasteiger partial charge in [-0.25, -0.2) is 13.2 Å². The summed E-state index contributed by atoms with van der Waals surface area (Å²) >= 11 is 0. The van der Waals surface area contributed by atoms with Gasteiger partial charge in [-0.2, -0.15) is 0 Å². The molecule has 0 aliphatic rings. The number of unbranched alkanes of at least 4 members (excludes halogenated alkanes) is 2. The average molecular weight is 298 g/mol. The molecule has 2 amide bonds. The second-order valence-electron chi connectivity index (χ2n) is 4.52. The van der Waals surface area contributed by atoms with Gasteiger partial charge in [0.1, 0.15) is 0 Å². The molecule has 0 fully saturated rings. The Balaban J connectivity index is 2.28. The largest absolute Gasteiger partial charge is 0.338 e. The molecule has 20 heavy (non-hydrogen) atoms. The highest BCUT2D eigenvalue weighted by atomic mass is 32.2. The lowest BCUT2D eigenvalue weighted by Gasteiger charge is -2.08. The fourth-order valence-corrected chi connectivity index (χ4v) is 2.86. The van der Waals surface area contributed by atoms with Gasteiger partial charge in [0.15, 0.2) is 9.84 Å². The van der Waals surface area contributed by atoms with Crippen LogP contribution in [0.3, 0.4) is 0 Å². The van der Waals surface area contributed by atoms with Crippen molar-refractivity contribution in [3.63, 3.8) is 0 Å². The zero-order valence-electron chi connectivity index (χ0n) is 11.8. The van der Waals surface area contributed by atoms with Crippen molar-refractivity contribution in [2.45, 2.75) is 31.1 Å². The van der Waals surface area contributed by atoms with Crippen LogP contribution in [0.2, 0.25) is 0 Å². The molecule has 0 unspecified atom stereocenters. The van der Waals surface area contributed by atoms with Gasteiger partial charge in [0.25, 0.3) is 0 Å². The minimum Gasteiger partial charge on any atom is -0.338 e. The maximum Gasteiger partial charge on any atom is 0.314 e. The van der Waals surface area contributed by atoms with Crippen LogP contribution < -0.4 is 10.6 Å². The number of urea groups is 1. The molecule has 112 valence electrons. The standard InChI is InChI=1S/C14H22N2O3S/c1-2-3-7-10-15-14(17)16-11-12-20(18,19)13-8-5-4-6-9-13/h4-6,8-9H,2-3,7,10-12H2,1H3,(H2,15,16,17). The Morgan fingerprint density at radius 3 is 2.35 bits per heavy atom. The molecular weight excluding hydrogens is 276 g/mol. The highest BCUT2D eigenvalue weighted by Gasteiger charge is 2.13. The van der Waals surface area contributed by atoms with E-state index in [1.54, 1.807) is 30.3 Å². The van der Waals surface area contributed by atoms with E-state index in [0.717, 1.165) is 19.3 Å². The maximum atomic E-state index is 11.9. The number of benzene rings is 1. The normalized spacial score (nSPS) is 11.1. The van der Waals surface area contributed by atoms with Crippen LogP contribution in [-0.2, 0) is 9.84 Å². The van der Waals surface area contributed by atoms with Crippen LogP contribution in [0.5, 0.6) is 0 Å². The van der Waals surface area contributed by atoms with Crippen LogP contribution in [0, 0.1) is 0 Å². The molecule has 1 aromatic rings. The quantitative estimate of drug-likeness (QED) is 0.720. The van der Waals surface area contributed by atoms with Crippen molar-refractivity contribution in [1.29, 1.82) is 0 Å². The molecule has 0 saturated carbocycles. The first-order valence-corrected chi connectivity index (χ1v) is 8.51. The lowest BCUT2D eigenvalue weighted by Crippen LogP contribution is -2.38. The van der Waals surface area contributed by atoms with Gasteiger partial charge in [-0.15, -0.1) is 0 Å². The van der Waals surface area contributed by atoms with Gasteiger partial charge in [-0.3, -0.25) is 0 Å². The van der Waals surface area contributed by atoms with Gasteiger partial charge in [-0.05, 0) is 18.6 Å². The number of carbonyl (C=O) groups is 1. The number of amides is 2. The Kier molecular flexibility index (Phi) is 7.08.